The maximum atomic E-state index is 6.21. The normalized spacial score (nSPS) is 51.6. The number of fused-ring (bicyclic) bond motifs is 9. The largest absolute Gasteiger partial charge is 0.501 e. The molecule has 4 bridgehead atoms. The second-order valence-electron chi connectivity index (χ2n) is 6.61. The number of rotatable bonds is 3. The molecule has 0 radical (unpaired) electrons. The minimum atomic E-state index is 0.404. The Morgan fingerprint density at radius 1 is 1.11 bits per heavy atom. The summed E-state index contributed by atoms with van der Waals surface area (Å²) in [7, 11) is 0. The van der Waals surface area contributed by atoms with E-state index >= 15 is 0 Å². The van der Waals surface area contributed by atoms with Crippen molar-refractivity contribution in [1.29, 1.82) is 0 Å². The Bertz CT molecular complexity index is 374. The number of allylic oxidation sites excluding steroid dienone is 1. The fourth-order valence-corrected chi connectivity index (χ4v) is 4.62. The maximum Gasteiger partial charge on any atom is 0.0927 e. The van der Waals surface area contributed by atoms with Crippen molar-refractivity contribution in [2.24, 2.45) is 17.8 Å². The van der Waals surface area contributed by atoms with Gasteiger partial charge in [-0.2, -0.15) is 0 Å². The molecule has 4 saturated heterocycles. The lowest BCUT2D eigenvalue weighted by Crippen LogP contribution is -2.41. The molecule has 0 aromatic carbocycles. The first-order chi connectivity index (χ1) is 8.74. The van der Waals surface area contributed by atoms with Crippen molar-refractivity contribution in [3.63, 3.8) is 0 Å². The predicted octanol–water partition coefficient (Wildman–Crippen LogP) is 2.51. The van der Waals surface area contributed by atoms with Gasteiger partial charge in [-0.05, 0) is 38.7 Å². The molecule has 7 unspecified atom stereocenters. The lowest BCUT2D eigenvalue weighted by Gasteiger charge is -2.32. The van der Waals surface area contributed by atoms with Crippen molar-refractivity contribution in [2.45, 2.75) is 57.5 Å². The molecule has 0 spiro atoms. The lowest BCUT2D eigenvalue weighted by atomic mass is 9.68. The molecule has 4 rings (SSSR count). The van der Waals surface area contributed by atoms with E-state index in [2.05, 4.69) is 13.8 Å². The monoisotopic (exact) mass is 250 g/mol. The van der Waals surface area contributed by atoms with Crippen LogP contribution in [0.2, 0.25) is 0 Å². The van der Waals surface area contributed by atoms with Crippen LogP contribution in [0.4, 0.5) is 0 Å². The Hall–Kier alpha value is -0.540. The second kappa shape index (κ2) is 3.97. The first-order valence-corrected chi connectivity index (χ1v) is 7.30. The first kappa shape index (κ1) is 11.3. The van der Waals surface area contributed by atoms with Crippen LogP contribution < -0.4 is 0 Å². The molecule has 0 aromatic rings. The summed E-state index contributed by atoms with van der Waals surface area (Å²) < 4.78 is 18.0. The molecule has 0 saturated carbocycles. The van der Waals surface area contributed by atoms with E-state index in [-0.39, 0.29) is 0 Å². The molecule has 0 aromatic heterocycles. The molecule has 0 aliphatic carbocycles. The Morgan fingerprint density at radius 2 is 1.89 bits per heavy atom. The predicted molar refractivity (Wildman–Crippen MR) is 67.0 cm³/mol. The molecule has 0 N–H and O–H groups in total. The second-order valence-corrected chi connectivity index (χ2v) is 6.61. The van der Waals surface area contributed by atoms with Crippen molar-refractivity contribution < 1.29 is 14.2 Å². The van der Waals surface area contributed by atoms with Crippen LogP contribution in [0.15, 0.2) is 11.8 Å². The van der Waals surface area contributed by atoms with Crippen molar-refractivity contribution >= 4 is 0 Å². The molecular weight excluding hydrogens is 228 g/mol. The fraction of sp³-hybridized carbons (Fsp3) is 0.867. The number of hydrogen-bond donors (Lipinski definition) is 0. The summed E-state index contributed by atoms with van der Waals surface area (Å²) in [5.74, 6) is 1.95. The van der Waals surface area contributed by atoms with Crippen LogP contribution in [-0.4, -0.2) is 31.0 Å². The zero-order valence-electron chi connectivity index (χ0n) is 11.2. The molecule has 18 heavy (non-hydrogen) atoms. The van der Waals surface area contributed by atoms with Gasteiger partial charge in [-0.3, -0.25) is 0 Å². The third-order valence-corrected chi connectivity index (χ3v) is 5.16. The van der Waals surface area contributed by atoms with Crippen LogP contribution in [0.25, 0.3) is 0 Å². The van der Waals surface area contributed by atoms with E-state index in [1.54, 1.807) is 0 Å². The topological polar surface area (TPSA) is 27.7 Å². The van der Waals surface area contributed by atoms with Crippen LogP contribution in [0, 0.1) is 17.8 Å². The quantitative estimate of drug-likeness (QED) is 0.720. The van der Waals surface area contributed by atoms with Crippen molar-refractivity contribution in [3.05, 3.63) is 11.8 Å². The van der Waals surface area contributed by atoms with Gasteiger partial charge in [-0.1, -0.05) is 0 Å². The average Bonchev–Trinajstić information content (AvgIpc) is 3.06. The average molecular weight is 250 g/mol. The van der Waals surface area contributed by atoms with Crippen LogP contribution in [0.3, 0.4) is 0 Å². The maximum absolute atomic E-state index is 6.21. The van der Waals surface area contributed by atoms with Crippen molar-refractivity contribution in [3.8, 4) is 0 Å². The number of hydrogen-bond acceptors (Lipinski definition) is 3. The molecule has 0 amide bonds. The van der Waals surface area contributed by atoms with E-state index in [0.717, 1.165) is 6.61 Å². The Kier molecular flexibility index (Phi) is 2.50. The zero-order valence-corrected chi connectivity index (χ0v) is 11.2. The highest BCUT2D eigenvalue weighted by atomic mass is 16.5. The summed E-state index contributed by atoms with van der Waals surface area (Å²) in [6.45, 7) is 4.95. The van der Waals surface area contributed by atoms with Gasteiger partial charge in [-0.15, -0.1) is 0 Å². The van der Waals surface area contributed by atoms with Crippen LogP contribution in [0.1, 0.15) is 33.1 Å². The Morgan fingerprint density at radius 3 is 2.67 bits per heavy atom. The minimum Gasteiger partial charge on any atom is -0.501 e. The summed E-state index contributed by atoms with van der Waals surface area (Å²) in [5.41, 5.74) is 1.22. The summed E-state index contributed by atoms with van der Waals surface area (Å²) in [6, 6.07) is 0. The molecule has 4 fully saturated rings. The minimum absolute atomic E-state index is 0.404. The van der Waals surface area contributed by atoms with Gasteiger partial charge in [0.25, 0.3) is 0 Å². The summed E-state index contributed by atoms with van der Waals surface area (Å²) in [4.78, 5) is 0. The summed E-state index contributed by atoms with van der Waals surface area (Å²) in [6.07, 6.45) is 7.42. The zero-order chi connectivity index (χ0) is 12.3. The van der Waals surface area contributed by atoms with Gasteiger partial charge in [0, 0.05) is 17.8 Å². The molecule has 100 valence electrons. The van der Waals surface area contributed by atoms with E-state index in [0.29, 0.717) is 42.2 Å². The fourth-order valence-electron chi connectivity index (χ4n) is 4.62. The highest BCUT2D eigenvalue weighted by molar-refractivity contribution is 5.11. The molecule has 4 aliphatic heterocycles. The summed E-state index contributed by atoms with van der Waals surface area (Å²) >= 11 is 0. The van der Waals surface area contributed by atoms with E-state index in [4.69, 9.17) is 14.2 Å². The number of ether oxygens (including phenoxy) is 3. The van der Waals surface area contributed by atoms with Gasteiger partial charge in [-0.25, -0.2) is 0 Å². The van der Waals surface area contributed by atoms with Gasteiger partial charge in [0.15, 0.2) is 0 Å². The molecule has 7 atom stereocenters. The van der Waals surface area contributed by atoms with Gasteiger partial charge in [0.1, 0.15) is 0 Å². The van der Waals surface area contributed by atoms with Crippen LogP contribution in [-0.2, 0) is 14.2 Å². The summed E-state index contributed by atoms with van der Waals surface area (Å²) in [5, 5.41) is 0. The van der Waals surface area contributed by atoms with Crippen LogP contribution >= 0.6 is 0 Å². The van der Waals surface area contributed by atoms with E-state index in [1.165, 1.54) is 24.8 Å². The highest BCUT2D eigenvalue weighted by Crippen LogP contribution is 2.58. The molecule has 4 aliphatic rings. The Balaban J connectivity index is 1.44. The highest BCUT2D eigenvalue weighted by Gasteiger charge is 2.64. The SMILES string of the molecule is CC(C)=COCC1CC2OC1C1C3CCC(O3)C21. The first-order valence-electron chi connectivity index (χ1n) is 7.30. The third kappa shape index (κ3) is 1.50. The van der Waals surface area contributed by atoms with Crippen LogP contribution in [0.5, 0.6) is 0 Å². The van der Waals surface area contributed by atoms with E-state index in [1.807, 2.05) is 6.26 Å². The lowest BCUT2D eigenvalue weighted by molar-refractivity contribution is -0.00321. The molecular formula is C15H22O3. The van der Waals surface area contributed by atoms with Gasteiger partial charge in [0.05, 0.1) is 37.3 Å². The third-order valence-electron chi connectivity index (χ3n) is 5.16. The molecule has 3 nitrogen and oxygen atoms in total. The molecule has 4 heterocycles. The van der Waals surface area contributed by atoms with Crippen molar-refractivity contribution in [1.82, 2.24) is 0 Å². The van der Waals surface area contributed by atoms with E-state index in [9.17, 15) is 0 Å². The van der Waals surface area contributed by atoms with Gasteiger partial charge < -0.3 is 14.2 Å². The molecule has 3 heteroatoms. The van der Waals surface area contributed by atoms with Crippen molar-refractivity contribution in [2.75, 3.05) is 6.61 Å². The standard InChI is InChI=1S/C15H22O3/c1-8(2)6-16-7-9-5-12-13-10-3-4-11(17-10)14(13)15(9)18-12/h6,9-15H,3-5,7H2,1-2H3. The smallest absolute Gasteiger partial charge is 0.0927 e. The van der Waals surface area contributed by atoms with Gasteiger partial charge in [0.2, 0.25) is 0 Å². The van der Waals surface area contributed by atoms with E-state index < -0.39 is 0 Å². The van der Waals surface area contributed by atoms with Gasteiger partial charge >= 0.3 is 0 Å². The Labute approximate surface area is 108 Å².